The van der Waals surface area contributed by atoms with E-state index in [4.69, 9.17) is 0 Å². The predicted octanol–water partition coefficient (Wildman–Crippen LogP) is 3.63. The number of unbranched alkanes of at least 4 members (excludes halogenated alkanes) is 2. The van der Waals surface area contributed by atoms with E-state index >= 15 is 0 Å². The van der Waals surface area contributed by atoms with E-state index in [-0.39, 0.29) is 11.7 Å². The lowest BCUT2D eigenvalue weighted by Crippen LogP contribution is -2.39. The molecule has 1 aliphatic carbocycles. The molecular formula is C15H26O2. The number of hydrogen-bond acceptors (Lipinski definition) is 2. The zero-order valence-electron chi connectivity index (χ0n) is 11.5. The fourth-order valence-corrected chi connectivity index (χ4v) is 2.66. The van der Waals surface area contributed by atoms with Gasteiger partial charge < -0.3 is 5.11 Å². The van der Waals surface area contributed by atoms with Crippen molar-refractivity contribution in [1.29, 1.82) is 0 Å². The van der Waals surface area contributed by atoms with Crippen LogP contribution in [0.3, 0.4) is 0 Å². The molecule has 1 rings (SSSR count). The van der Waals surface area contributed by atoms with Crippen LogP contribution in [0, 0.1) is 5.92 Å². The number of ketones is 1. The molecule has 98 valence electrons. The molecule has 1 unspecified atom stereocenters. The summed E-state index contributed by atoms with van der Waals surface area (Å²) < 4.78 is 0. The van der Waals surface area contributed by atoms with Gasteiger partial charge in [-0.25, -0.2) is 0 Å². The van der Waals surface area contributed by atoms with E-state index in [0.717, 1.165) is 37.7 Å². The first kappa shape index (κ1) is 14.4. The van der Waals surface area contributed by atoms with Gasteiger partial charge in [-0.1, -0.05) is 39.2 Å². The van der Waals surface area contributed by atoms with Crippen LogP contribution in [-0.2, 0) is 4.79 Å². The quantitative estimate of drug-likeness (QED) is 0.717. The van der Waals surface area contributed by atoms with Gasteiger partial charge in [-0.3, -0.25) is 4.79 Å². The van der Waals surface area contributed by atoms with Gasteiger partial charge in [-0.15, -0.1) is 0 Å². The molecule has 0 aromatic heterocycles. The normalized spacial score (nSPS) is 24.4. The second-order valence-electron chi connectivity index (χ2n) is 5.36. The molecule has 2 atom stereocenters. The summed E-state index contributed by atoms with van der Waals surface area (Å²) in [5, 5.41) is 10.7. The average molecular weight is 238 g/mol. The number of hydrogen-bond donors (Lipinski definition) is 1. The zero-order valence-corrected chi connectivity index (χ0v) is 11.5. The molecule has 0 saturated carbocycles. The van der Waals surface area contributed by atoms with Crippen molar-refractivity contribution >= 4 is 5.78 Å². The molecule has 0 heterocycles. The molecule has 1 N–H and O–H groups in total. The highest BCUT2D eigenvalue weighted by Gasteiger charge is 2.36. The fourth-order valence-electron chi connectivity index (χ4n) is 2.66. The van der Waals surface area contributed by atoms with Gasteiger partial charge in [0.05, 0.1) is 5.60 Å². The molecule has 0 saturated heterocycles. The molecule has 17 heavy (non-hydrogen) atoms. The Labute approximate surface area is 105 Å². The Bertz CT molecular complexity index is 293. The lowest BCUT2D eigenvalue weighted by molar-refractivity contribution is -0.120. The van der Waals surface area contributed by atoms with Crippen molar-refractivity contribution in [2.75, 3.05) is 0 Å². The van der Waals surface area contributed by atoms with E-state index in [1.165, 1.54) is 6.42 Å². The Balaban J connectivity index is 2.63. The molecule has 0 bridgehead atoms. The molecule has 0 amide bonds. The zero-order chi connectivity index (χ0) is 12.9. The highest BCUT2D eigenvalue weighted by Crippen LogP contribution is 2.36. The van der Waals surface area contributed by atoms with Gasteiger partial charge >= 0.3 is 0 Å². The minimum absolute atomic E-state index is 0.126. The van der Waals surface area contributed by atoms with Gasteiger partial charge in [-0.05, 0) is 37.7 Å². The maximum absolute atomic E-state index is 11.7. The van der Waals surface area contributed by atoms with Gasteiger partial charge in [0.15, 0.2) is 5.78 Å². The number of allylic oxidation sites excluding steroid dienone is 2. The summed E-state index contributed by atoms with van der Waals surface area (Å²) in [6, 6.07) is 0. The second-order valence-corrected chi connectivity index (χ2v) is 5.36. The number of Topliss-reactive ketones (excluding diaryl/α,β-unsaturated/α-hetero) is 1. The standard InChI is InChI=1S/C15H26O2/c1-4-6-7-10-15(17,5-2)13-9-8-12(3)14(16)11-13/h8,13,17H,4-7,9-11H2,1-3H3/t13-,15?/m1/s1. The SMILES string of the molecule is CCCCCC(O)(CC)[C@@H]1CC=C(C)C(=O)C1. The van der Waals surface area contributed by atoms with E-state index in [1.54, 1.807) is 0 Å². The molecular weight excluding hydrogens is 212 g/mol. The first-order valence-corrected chi connectivity index (χ1v) is 6.95. The van der Waals surface area contributed by atoms with Crippen molar-refractivity contribution in [3.05, 3.63) is 11.6 Å². The van der Waals surface area contributed by atoms with Crippen LogP contribution in [-0.4, -0.2) is 16.5 Å². The van der Waals surface area contributed by atoms with Crippen LogP contribution < -0.4 is 0 Å². The number of aliphatic hydroxyl groups is 1. The Kier molecular flexibility index (Phi) is 5.38. The van der Waals surface area contributed by atoms with Crippen LogP contribution in [0.25, 0.3) is 0 Å². The minimum Gasteiger partial charge on any atom is -0.390 e. The Morgan fingerprint density at radius 2 is 2.12 bits per heavy atom. The average Bonchev–Trinajstić information content (AvgIpc) is 2.32. The molecule has 2 nitrogen and oxygen atoms in total. The van der Waals surface area contributed by atoms with E-state index in [2.05, 4.69) is 6.92 Å². The molecule has 0 aromatic carbocycles. The van der Waals surface area contributed by atoms with Crippen molar-refractivity contribution in [3.63, 3.8) is 0 Å². The Morgan fingerprint density at radius 1 is 1.41 bits per heavy atom. The van der Waals surface area contributed by atoms with Gasteiger partial charge in [0.1, 0.15) is 0 Å². The number of rotatable bonds is 6. The Hall–Kier alpha value is -0.630. The smallest absolute Gasteiger partial charge is 0.158 e. The summed E-state index contributed by atoms with van der Waals surface area (Å²) >= 11 is 0. The lowest BCUT2D eigenvalue weighted by atomic mass is 9.73. The molecule has 0 spiro atoms. The summed E-state index contributed by atoms with van der Waals surface area (Å²) in [6.45, 7) is 6.07. The molecule has 0 aromatic rings. The van der Waals surface area contributed by atoms with Gasteiger partial charge in [0.25, 0.3) is 0 Å². The first-order chi connectivity index (χ1) is 8.03. The maximum atomic E-state index is 11.7. The monoisotopic (exact) mass is 238 g/mol. The first-order valence-electron chi connectivity index (χ1n) is 6.95. The summed E-state index contributed by atoms with van der Waals surface area (Å²) in [4.78, 5) is 11.7. The van der Waals surface area contributed by atoms with E-state index < -0.39 is 5.60 Å². The van der Waals surface area contributed by atoms with Crippen LogP contribution in [0.2, 0.25) is 0 Å². The fraction of sp³-hybridized carbons (Fsp3) is 0.800. The predicted molar refractivity (Wildman–Crippen MR) is 70.9 cm³/mol. The van der Waals surface area contributed by atoms with Crippen LogP contribution in [0.15, 0.2) is 11.6 Å². The second kappa shape index (κ2) is 6.34. The third-order valence-corrected chi connectivity index (χ3v) is 4.17. The number of carbonyl (C=O) groups excluding carboxylic acids is 1. The number of carbonyl (C=O) groups is 1. The highest BCUT2D eigenvalue weighted by molar-refractivity contribution is 5.95. The van der Waals surface area contributed by atoms with Crippen molar-refractivity contribution in [2.24, 2.45) is 5.92 Å². The topological polar surface area (TPSA) is 37.3 Å². The Morgan fingerprint density at radius 3 is 2.65 bits per heavy atom. The summed E-state index contributed by atoms with van der Waals surface area (Å²) in [5.74, 6) is 0.337. The minimum atomic E-state index is -0.637. The third kappa shape index (κ3) is 3.67. The van der Waals surface area contributed by atoms with Crippen LogP contribution >= 0.6 is 0 Å². The van der Waals surface area contributed by atoms with Crippen molar-refractivity contribution in [2.45, 2.75) is 71.3 Å². The maximum Gasteiger partial charge on any atom is 0.158 e. The van der Waals surface area contributed by atoms with Crippen molar-refractivity contribution in [1.82, 2.24) is 0 Å². The summed E-state index contributed by atoms with van der Waals surface area (Å²) in [7, 11) is 0. The molecule has 1 aliphatic rings. The van der Waals surface area contributed by atoms with Gasteiger partial charge in [0, 0.05) is 6.42 Å². The van der Waals surface area contributed by atoms with Crippen LogP contribution in [0.5, 0.6) is 0 Å². The third-order valence-electron chi connectivity index (χ3n) is 4.17. The molecule has 0 fully saturated rings. The molecule has 0 aliphatic heterocycles. The highest BCUT2D eigenvalue weighted by atomic mass is 16.3. The summed E-state index contributed by atoms with van der Waals surface area (Å²) in [5.41, 5.74) is 0.232. The molecule has 2 heteroatoms. The van der Waals surface area contributed by atoms with E-state index in [0.29, 0.717) is 6.42 Å². The van der Waals surface area contributed by atoms with Gasteiger partial charge in [0.2, 0.25) is 0 Å². The van der Waals surface area contributed by atoms with Crippen LogP contribution in [0.1, 0.15) is 65.7 Å². The van der Waals surface area contributed by atoms with E-state index in [1.807, 2.05) is 19.9 Å². The summed E-state index contributed by atoms with van der Waals surface area (Å²) in [6.07, 6.45) is 8.36. The largest absolute Gasteiger partial charge is 0.390 e. The lowest BCUT2D eigenvalue weighted by Gasteiger charge is -2.37. The van der Waals surface area contributed by atoms with Crippen LogP contribution in [0.4, 0.5) is 0 Å². The van der Waals surface area contributed by atoms with Gasteiger partial charge in [-0.2, -0.15) is 0 Å². The molecule has 0 radical (unpaired) electrons. The van der Waals surface area contributed by atoms with Crippen molar-refractivity contribution < 1.29 is 9.90 Å². The van der Waals surface area contributed by atoms with E-state index in [9.17, 15) is 9.90 Å². The van der Waals surface area contributed by atoms with Crippen molar-refractivity contribution in [3.8, 4) is 0 Å².